The highest BCUT2D eigenvalue weighted by Gasteiger charge is 2.17. The average molecular weight is 565 g/mol. The summed E-state index contributed by atoms with van der Waals surface area (Å²) in [6.07, 6.45) is 1.39. The Labute approximate surface area is 208 Å². The lowest BCUT2D eigenvalue weighted by atomic mass is 10.0. The normalized spacial score (nSPS) is 10.6. The number of benzene rings is 3. The largest absolute Gasteiger partial charge is 0.493 e. The second kappa shape index (κ2) is 11.1. The first kappa shape index (κ1) is 24.4. The van der Waals surface area contributed by atoms with Gasteiger partial charge >= 0.3 is 0 Å². The minimum absolute atomic E-state index is 0.0415. The molecule has 0 radical (unpaired) electrons. The molecule has 0 saturated carbocycles. The van der Waals surface area contributed by atoms with Gasteiger partial charge < -0.3 is 9.47 Å². The summed E-state index contributed by atoms with van der Waals surface area (Å²) in [5, 5.41) is 29.8. The zero-order valence-corrected chi connectivity index (χ0v) is 20.0. The van der Waals surface area contributed by atoms with Gasteiger partial charge in [-0.1, -0.05) is 30.3 Å². The van der Waals surface area contributed by atoms with Gasteiger partial charge in [-0.2, -0.15) is 10.5 Å². The number of allylic oxidation sites excluding steroid dienone is 1. The number of halogens is 1. The van der Waals surface area contributed by atoms with Crippen molar-refractivity contribution < 1.29 is 19.2 Å². The summed E-state index contributed by atoms with van der Waals surface area (Å²) in [5.74, 6) is 0.206. The highest BCUT2D eigenvalue weighted by molar-refractivity contribution is 14.1. The third-order valence-electron chi connectivity index (χ3n) is 4.76. The number of methoxy groups -OCH3 is 1. The molecular formula is C25H16IN3O5. The number of rotatable bonds is 8. The number of non-ortho nitro benzene ring substituents is 1. The molecule has 0 aromatic heterocycles. The van der Waals surface area contributed by atoms with E-state index in [2.05, 4.69) is 28.7 Å². The molecule has 168 valence electrons. The molecule has 0 bridgehead atoms. The predicted molar refractivity (Wildman–Crippen MR) is 132 cm³/mol. The van der Waals surface area contributed by atoms with E-state index in [1.54, 1.807) is 30.3 Å². The first-order chi connectivity index (χ1) is 16.4. The number of ether oxygens (including phenoxy) is 2. The number of nitro groups is 1. The van der Waals surface area contributed by atoms with Crippen LogP contribution < -0.4 is 9.47 Å². The van der Waals surface area contributed by atoms with Crippen LogP contribution in [0.5, 0.6) is 11.5 Å². The van der Waals surface area contributed by atoms with Crippen molar-refractivity contribution in [1.82, 2.24) is 0 Å². The van der Waals surface area contributed by atoms with Crippen molar-refractivity contribution in [2.24, 2.45) is 0 Å². The summed E-state index contributed by atoms with van der Waals surface area (Å²) in [6.45, 7) is 0.153. The lowest BCUT2D eigenvalue weighted by molar-refractivity contribution is -0.384. The topological polar surface area (TPSA) is 126 Å². The standard InChI is InChI=1S/C25H16IN3O5/c1-33-23-11-16(9-20(14-28)24(30)17-7-4-8-21(12-17)29(31)32)10-22(26)25(23)34-15-19-6-3-2-5-18(19)13-27/h2-12H,15H2,1H3/b20-9+. The molecule has 0 amide bonds. The summed E-state index contributed by atoms with van der Waals surface area (Å²) in [6, 6.07) is 19.6. The van der Waals surface area contributed by atoms with Crippen LogP contribution in [0.3, 0.4) is 0 Å². The Hall–Kier alpha value is -4.22. The quantitative estimate of drug-likeness (QED) is 0.0888. The van der Waals surface area contributed by atoms with Crippen molar-refractivity contribution >= 4 is 40.1 Å². The summed E-state index contributed by atoms with van der Waals surface area (Å²) in [4.78, 5) is 23.2. The van der Waals surface area contributed by atoms with Gasteiger partial charge in [0.2, 0.25) is 5.78 Å². The molecule has 0 fully saturated rings. The third-order valence-corrected chi connectivity index (χ3v) is 5.56. The molecule has 0 aliphatic heterocycles. The Morgan fingerprint density at radius 1 is 1.15 bits per heavy atom. The molecule has 0 N–H and O–H groups in total. The Morgan fingerprint density at radius 2 is 1.91 bits per heavy atom. The molecular weight excluding hydrogens is 549 g/mol. The van der Waals surface area contributed by atoms with Gasteiger partial charge in [-0.25, -0.2) is 0 Å². The minimum atomic E-state index is -0.631. The van der Waals surface area contributed by atoms with E-state index >= 15 is 0 Å². The van der Waals surface area contributed by atoms with Crippen molar-refractivity contribution in [2.75, 3.05) is 7.11 Å². The molecule has 0 unspecified atom stereocenters. The number of ketones is 1. The van der Waals surface area contributed by atoms with Crippen LogP contribution >= 0.6 is 22.6 Å². The summed E-state index contributed by atoms with van der Waals surface area (Å²) >= 11 is 2.05. The van der Waals surface area contributed by atoms with Gasteiger partial charge in [0.15, 0.2) is 11.5 Å². The zero-order chi connectivity index (χ0) is 24.7. The van der Waals surface area contributed by atoms with Crippen molar-refractivity contribution in [3.8, 4) is 23.6 Å². The smallest absolute Gasteiger partial charge is 0.270 e. The Morgan fingerprint density at radius 3 is 2.59 bits per heavy atom. The molecule has 8 nitrogen and oxygen atoms in total. The van der Waals surface area contributed by atoms with Gasteiger partial charge in [-0.05, 0) is 52.4 Å². The van der Waals surface area contributed by atoms with E-state index in [-0.39, 0.29) is 23.4 Å². The Balaban J connectivity index is 1.91. The zero-order valence-electron chi connectivity index (χ0n) is 17.8. The van der Waals surface area contributed by atoms with Crippen LogP contribution in [-0.2, 0) is 6.61 Å². The second-order valence-corrected chi connectivity index (χ2v) is 8.06. The van der Waals surface area contributed by atoms with E-state index in [0.29, 0.717) is 26.2 Å². The Bertz CT molecular complexity index is 1390. The van der Waals surface area contributed by atoms with Crippen molar-refractivity contribution in [3.05, 3.63) is 102 Å². The molecule has 0 aliphatic rings. The number of hydrogen-bond donors (Lipinski definition) is 0. The highest BCUT2D eigenvalue weighted by atomic mass is 127. The lowest BCUT2D eigenvalue weighted by Crippen LogP contribution is -2.04. The summed E-state index contributed by atoms with van der Waals surface area (Å²) in [5.41, 5.74) is 1.37. The number of hydrogen-bond acceptors (Lipinski definition) is 7. The maximum absolute atomic E-state index is 12.8. The van der Waals surface area contributed by atoms with E-state index < -0.39 is 10.7 Å². The van der Waals surface area contributed by atoms with Gasteiger partial charge in [0.1, 0.15) is 18.2 Å². The summed E-state index contributed by atoms with van der Waals surface area (Å²) in [7, 11) is 1.47. The van der Waals surface area contributed by atoms with E-state index in [4.69, 9.17) is 9.47 Å². The molecule has 0 heterocycles. The third kappa shape index (κ3) is 5.57. The number of Topliss-reactive ketones (excluding diaryl/α,β-unsaturated/α-hetero) is 1. The summed E-state index contributed by atoms with van der Waals surface area (Å²) < 4.78 is 12.0. The first-order valence-electron chi connectivity index (χ1n) is 9.77. The highest BCUT2D eigenvalue weighted by Crippen LogP contribution is 2.35. The number of nitrogens with zero attached hydrogens (tertiary/aromatic N) is 3. The number of nitro benzene ring substituents is 1. The monoisotopic (exact) mass is 565 g/mol. The van der Waals surface area contributed by atoms with Crippen LogP contribution in [0.25, 0.3) is 6.08 Å². The molecule has 0 saturated heterocycles. The lowest BCUT2D eigenvalue weighted by Gasteiger charge is -2.14. The number of carbonyl (C=O) groups is 1. The molecule has 3 aromatic carbocycles. The maximum atomic E-state index is 12.8. The average Bonchev–Trinajstić information content (AvgIpc) is 2.86. The fourth-order valence-corrected chi connectivity index (χ4v) is 3.88. The molecule has 3 rings (SSSR count). The van der Waals surface area contributed by atoms with Crippen LogP contribution in [0.4, 0.5) is 5.69 Å². The molecule has 0 spiro atoms. The minimum Gasteiger partial charge on any atom is -0.493 e. The SMILES string of the molecule is COc1cc(/C=C(\C#N)C(=O)c2cccc([N+](=O)[O-])c2)cc(I)c1OCc1ccccc1C#N. The molecule has 3 aromatic rings. The Kier molecular flexibility index (Phi) is 7.96. The predicted octanol–water partition coefficient (Wildman–Crippen LogP) is 5.45. The number of nitriles is 2. The van der Waals surface area contributed by atoms with Crippen LogP contribution in [0.1, 0.15) is 27.0 Å². The molecule has 0 aliphatic carbocycles. The van der Waals surface area contributed by atoms with Gasteiger partial charge in [-0.15, -0.1) is 0 Å². The molecule has 9 heteroatoms. The van der Waals surface area contributed by atoms with Crippen LogP contribution in [0, 0.1) is 36.3 Å². The van der Waals surface area contributed by atoms with E-state index in [1.807, 2.05) is 12.1 Å². The number of carbonyl (C=O) groups excluding carboxylic acids is 1. The van der Waals surface area contributed by atoms with Crippen LogP contribution in [0.2, 0.25) is 0 Å². The fourth-order valence-electron chi connectivity index (χ4n) is 3.10. The van der Waals surface area contributed by atoms with Crippen molar-refractivity contribution in [1.29, 1.82) is 10.5 Å². The van der Waals surface area contributed by atoms with Crippen LogP contribution in [0.15, 0.2) is 66.2 Å². The van der Waals surface area contributed by atoms with Gasteiger partial charge in [-0.3, -0.25) is 14.9 Å². The molecule has 34 heavy (non-hydrogen) atoms. The van der Waals surface area contributed by atoms with E-state index in [1.165, 1.54) is 31.4 Å². The molecule has 0 atom stereocenters. The van der Waals surface area contributed by atoms with E-state index in [9.17, 15) is 25.4 Å². The van der Waals surface area contributed by atoms with E-state index in [0.717, 1.165) is 11.6 Å². The first-order valence-corrected chi connectivity index (χ1v) is 10.8. The van der Waals surface area contributed by atoms with Gasteiger partial charge in [0, 0.05) is 23.3 Å². The van der Waals surface area contributed by atoms with Gasteiger partial charge in [0.25, 0.3) is 5.69 Å². The maximum Gasteiger partial charge on any atom is 0.270 e. The van der Waals surface area contributed by atoms with Crippen molar-refractivity contribution in [3.63, 3.8) is 0 Å². The second-order valence-electron chi connectivity index (χ2n) is 6.90. The fraction of sp³-hybridized carbons (Fsp3) is 0.0800. The van der Waals surface area contributed by atoms with Crippen LogP contribution in [-0.4, -0.2) is 17.8 Å². The van der Waals surface area contributed by atoms with Gasteiger partial charge in [0.05, 0.1) is 27.2 Å². The van der Waals surface area contributed by atoms with Crippen molar-refractivity contribution in [2.45, 2.75) is 6.61 Å².